The van der Waals surface area contributed by atoms with Crippen molar-refractivity contribution in [3.8, 4) is 0 Å². The smallest absolute Gasteiger partial charge is 0.0295 e. The molecule has 0 spiro atoms. The van der Waals surface area contributed by atoms with Crippen LogP contribution >= 0.6 is 39.5 Å². The minimum Gasteiger partial charge on any atom is -0.326 e. The van der Waals surface area contributed by atoms with Crippen molar-refractivity contribution in [1.82, 2.24) is 0 Å². The maximum Gasteiger partial charge on any atom is 0.0295 e. The zero-order valence-corrected chi connectivity index (χ0v) is 14.0. The minimum absolute atomic E-state index is 0.256. The standard InChI is InChI=1S/C14H20BrNS2/c1-9-10(2)18-14(8-17-9)13(16)7-11-4-3-5-12(15)6-11/h3-6,9-10,13-14H,7-8,16H2,1-2H3. The molecular formula is C14H20BrNS2. The third-order valence-electron chi connectivity index (χ3n) is 3.41. The summed E-state index contributed by atoms with van der Waals surface area (Å²) in [6, 6.07) is 8.74. The third kappa shape index (κ3) is 3.92. The molecule has 1 fully saturated rings. The van der Waals surface area contributed by atoms with Crippen LogP contribution in [0.3, 0.4) is 0 Å². The van der Waals surface area contributed by atoms with Crippen molar-refractivity contribution in [2.75, 3.05) is 5.75 Å². The van der Waals surface area contributed by atoms with Gasteiger partial charge >= 0.3 is 0 Å². The van der Waals surface area contributed by atoms with E-state index in [9.17, 15) is 0 Å². The molecular weight excluding hydrogens is 326 g/mol. The zero-order chi connectivity index (χ0) is 13.1. The number of halogens is 1. The second-order valence-corrected chi connectivity index (χ2v) is 8.86. The van der Waals surface area contributed by atoms with E-state index in [-0.39, 0.29) is 6.04 Å². The molecule has 0 radical (unpaired) electrons. The molecule has 4 atom stereocenters. The number of hydrogen-bond donors (Lipinski definition) is 1. The Labute approximate surface area is 127 Å². The van der Waals surface area contributed by atoms with E-state index in [2.05, 4.69) is 77.6 Å². The molecule has 1 saturated heterocycles. The Morgan fingerprint density at radius 1 is 1.39 bits per heavy atom. The molecule has 1 heterocycles. The van der Waals surface area contributed by atoms with Crippen molar-refractivity contribution in [2.24, 2.45) is 5.73 Å². The van der Waals surface area contributed by atoms with Gasteiger partial charge in [-0.1, -0.05) is 41.9 Å². The highest BCUT2D eigenvalue weighted by Gasteiger charge is 2.29. The Morgan fingerprint density at radius 3 is 2.83 bits per heavy atom. The van der Waals surface area contributed by atoms with Crippen molar-refractivity contribution in [2.45, 2.75) is 42.1 Å². The topological polar surface area (TPSA) is 26.0 Å². The predicted octanol–water partition coefficient (Wildman–Crippen LogP) is 3.94. The Kier molecular flexibility index (Phi) is 5.48. The maximum absolute atomic E-state index is 6.39. The summed E-state index contributed by atoms with van der Waals surface area (Å²) < 4.78 is 1.14. The maximum atomic E-state index is 6.39. The molecule has 4 unspecified atom stereocenters. The molecule has 1 aromatic rings. The molecule has 1 aromatic carbocycles. The van der Waals surface area contributed by atoms with Crippen molar-refractivity contribution in [3.63, 3.8) is 0 Å². The highest BCUT2D eigenvalue weighted by molar-refractivity contribution is 9.10. The molecule has 1 nitrogen and oxygen atoms in total. The largest absolute Gasteiger partial charge is 0.326 e. The van der Waals surface area contributed by atoms with Gasteiger partial charge in [-0.25, -0.2) is 0 Å². The average Bonchev–Trinajstić information content (AvgIpc) is 2.32. The number of benzene rings is 1. The lowest BCUT2D eigenvalue weighted by molar-refractivity contribution is 0.656. The Morgan fingerprint density at radius 2 is 2.17 bits per heavy atom. The van der Waals surface area contributed by atoms with Crippen molar-refractivity contribution in [1.29, 1.82) is 0 Å². The van der Waals surface area contributed by atoms with E-state index < -0.39 is 0 Å². The van der Waals surface area contributed by atoms with Crippen LogP contribution in [0.2, 0.25) is 0 Å². The minimum atomic E-state index is 0.256. The molecule has 2 N–H and O–H groups in total. The van der Waals surface area contributed by atoms with Crippen LogP contribution in [-0.4, -0.2) is 27.5 Å². The molecule has 2 rings (SSSR count). The summed E-state index contributed by atoms with van der Waals surface area (Å²) in [5.41, 5.74) is 7.72. The van der Waals surface area contributed by atoms with Crippen LogP contribution in [0.15, 0.2) is 28.7 Å². The summed E-state index contributed by atoms with van der Waals surface area (Å²) >= 11 is 7.65. The second-order valence-electron chi connectivity index (χ2n) is 4.92. The fourth-order valence-corrected chi connectivity index (χ4v) is 5.61. The van der Waals surface area contributed by atoms with Crippen molar-refractivity contribution < 1.29 is 0 Å². The first-order valence-electron chi connectivity index (χ1n) is 6.33. The predicted molar refractivity (Wildman–Crippen MR) is 88.6 cm³/mol. The van der Waals surface area contributed by atoms with E-state index in [0.29, 0.717) is 10.5 Å². The SMILES string of the molecule is CC1SCC(C(N)Cc2cccc(Br)c2)SC1C. The van der Waals surface area contributed by atoms with E-state index in [1.165, 1.54) is 11.3 Å². The Hall–Kier alpha value is 0.360. The summed E-state index contributed by atoms with van der Waals surface area (Å²) in [6.07, 6.45) is 0.971. The fourth-order valence-electron chi connectivity index (χ4n) is 2.10. The third-order valence-corrected chi connectivity index (χ3v) is 7.48. The van der Waals surface area contributed by atoms with Gasteiger partial charge in [0.25, 0.3) is 0 Å². The van der Waals surface area contributed by atoms with Crippen LogP contribution in [0, 0.1) is 0 Å². The quantitative estimate of drug-likeness (QED) is 0.898. The molecule has 0 amide bonds. The van der Waals surface area contributed by atoms with E-state index in [0.717, 1.165) is 16.1 Å². The van der Waals surface area contributed by atoms with E-state index >= 15 is 0 Å². The van der Waals surface area contributed by atoms with E-state index in [4.69, 9.17) is 5.73 Å². The summed E-state index contributed by atoms with van der Waals surface area (Å²) in [6.45, 7) is 4.64. The van der Waals surface area contributed by atoms with Crippen LogP contribution in [0.25, 0.3) is 0 Å². The number of hydrogen-bond acceptors (Lipinski definition) is 3. The molecule has 1 aliphatic rings. The first-order valence-corrected chi connectivity index (χ1v) is 9.12. The summed E-state index contributed by atoms with van der Waals surface area (Å²) in [7, 11) is 0. The van der Waals surface area contributed by atoms with Crippen LogP contribution in [0.5, 0.6) is 0 Å². The van der Waals surface area contributed by atoms with Crippen molar-refractivity contribution in [3.05, 3.63) is 34.3 Å². The van der Waals surface area contributed by atoms with Gasteiger partial charge in [0.05, 0.1) is 0 Å². The molecule has 18 heavy (non-hydrogen) atoms. The second kappa shape index (κ2) is 6.69. The first-order chi connectivity index (χ1) is 8.56. The molecule has 0 aromatic heterocycles. The van der Waals surface area contributed by atoms with Gasteiger partial charge in [-0.05, 0) is 24.1 Å². The summed E-state index contributed by atoms with van der Waals surface area (Å²) in [4.78, 5) is 0. The molecule has 0 aliphatic carbocycles. The molecule has 0 bridgehead atoms. The first kappa shape index (κ1) is 14.8. The molecule has 100 valence electrons. The van der Waals surface area contributed by atoms with Crippen molar-refractivity contribution >= 4 is 39.5 Å². The van der Waals surface area contributed by atoms with Gasteiger partial charge in [0, 0.05) is 32.0 Å². The van der Waals surface area contributed by atoms with Gasteiger partial charge in [-0.3, -0.25) is 0 Å². The normalized spacial score (nSPS) is 30.1. The Bertz CT molecular complexity index is 399. The number of thioether (sulfide) groups is 2. The van der Waals surface area contributed by atoms with E-state index in [1.807, 2.05) is 0 Å². The lowest BCUT2D eigenvalue weighted by Crippen LogP contribution is -2.41. The zero-order valence-electron chi connectivity index (χ0n) is 10.8. The van der Waals surface area contributed by atoms with Crippen LogP contribution in [0.1, 0.15) is 19.4 Å². The molecule has 4 heteroatoms. The van der Waals surface area contributed by atoms with E-state index in [1.54, 1.807) is 0 Å². The number of rotatable bonds is 3. The van der Waals surface area contributed by atoms with Crippen LogP contribution in [0.4, 0.5) is 0 Å². The van der Waals surface area contributed by atoms with Gasteiger partial charge in [0.15, 0.2) is 0 Å². The summed E-state index contributed by atoms with van der Waals surface area (Å²) in [5, 5.41) is 2.05. The van der Waals surface area contributed by atoms with Crippen LogP contribution < -0.4 is 5.73 Å². The molecule has 0 saturated carbocycles. The highest BCUT2D eigenvalue weighted by Crippen LogP contribution is 2.37. The van der Waals surface area contributed by atoms with Crippen LogP contribution in [-0.2, 0) is 6.42 Å². The fraction of sp³-hybridized carbons (Fsp3) is 0.571. The summed E-state index contributed by atoms with van der Waals surface area (Å²) in [5.74, 6) is 1.19. The molecule has 1 aliphatic heterocycles. The van der Waals surface area contributed by atoms with Gasteiger partial charge in [-0.15, -0.1) is 0 Å². The van der Waals surface area contributed by atoms with Gasteiger partial charge in [-0.2, -0.15) is 23.5 Å². The van der Waals surface area contributed by atoms with Gasteiger partial charge in [0.2, 0.25) is 0 Å². The lowest BCUT2D eigenvalue weighted by Gasteiger charge is -2.34. The lowest BCUT2D eigenvalue weighted by atomic mass is 10.0. The average molecular weight is 346 g/mol. The monoisotopic (exact) mass is 345 g/mol. The number of nitrogens with two attached hydrogens (primary N) is 1. The van der Waals surface area contributed by atoms with Gasteiger partial charge in [0.1, 0.15) is 0 Å². The van der Waals surface area contributed by atoms with Gasteiger partial charge < -0.3 is 5.73 Å². The Balaban J connectivity index is 1.94. The highest BCUT2D eigenvalue weighted by atomic mass is 79.9.